The number of nitrogens with one attached hydrogen (secondary N) is 1. The molecule has 0 aromatic heterocycles. The Bertz CT molecular complexity index is 1180. The lowest BCUT2D eigenvalue weighted by Crippen LogP contribution is -2.41. The van der Waals surface area contributed by atoms with E-state index >= 15 is 0 Å². The van der Waals surface area contributed by atoms with Crippen molar-refractivity contribution in [2.45, 2.75) is 24.3 Å². The summed E-state index contributed by atoms with van der Waals surface area (Å²) in [7, 11) is -2.19. The van der Waals surface area contributed by atoms with Crippen LogP contribution >= 0.6 is 0 Å². The summed E-state index contributed by atoms with van der Waals surface area (Å²) >= 11 is 0. The third-order valence-corrected chi connectivity index (χ3v) is 7.85. The third kappa shape index (κ3) is 5.85. The van der Waals surface area contributed by atoms with E-state index in [1.54, 1.807) is 19.2 Å². The molecule has 35 heavy (non-hydrogen) atoms. The van der Waals surface area contributed by atoms with Gasteiger partial charge in [-0.1, -0.05) is 18.2 Å². The first-order chi connectivity index (χ1) is 16.9. The molecule has 0 atom stereocenters. The van der Waals surface area contributed by atoms with Crippen LogP contribution in [0.5, 0.6) is 17.2 Å². The van der Waals surface area contributed by atoms with Gasteiger partial charge in [0, 0.05) is 31.3 Å². The van der Waals surface area contributed by atoms with E-state index in [2.05, 4.69) is 5.32 Å². The second kappa shape index (κ2) is 11.0. The fraction of sp³-hybridized carbons (Fsp3) is 0.417. The number of carbonyl (C=O) groups excluding carboxylic acids is 2. The predicted octanol–water partition coefficient (Wildman–Crippen LogP) is 1.73. The van der Waals surface area contributed by atoms with Gasteiger partial charge in [0.25, 0.3) is 5.91 Å². The summed E-state index contributed by atoms with van der Waals surface area (Å²) < 4.78 is 48.8. The lowest BCUT2D eigenvalue weighted by Gasteiger charge is -2.30. The van der Waals surface area contributed by atoms with Crippen LogP contribution < -0.4 is 19.5 Å². The topological polar surface area (TPSA) is 120 Å². The molecule has 188 valence electrons. The first kappa shape index (κ1) is 24.8. The quantitative estimate of drug-likeness (QED) is 0.540. The van der Waals surface area contributed by atoms with Crippen LogP contribution in [0.15, 0.2) is 47.4 Å². The highest BCUT2D eigenvalue weighted by Crippen LogP contribution is 2.34. The lowest BCUT2D eigenvalue weighted by atomic mass is 9.98. The molecule has 10 nitrogen and oxygen atoms in total. The number of para-hydroxylation sites is 1. The van der Waals surface area contributed by atoms with E-state index < -0.39 is 34.4 Å². The van der Waals surface area contributed by atoms with Gasteiger partial charge in [-0.15, -0.1) is 0 Å². The highest BCUT2D eigenvalue weighted by Gasteiger charge is 2.33. The molecule has 0 saturated carbocycles. The fourth-order valence-electron chi connectivity index (χ4n) is 4.01. The van der Waals surface area contributed by atoms with Crippen LogP contribution in [0.25, 0.3) is 0 Å². The van der Waals surface area contributed by atoms with Gasteiger partial charge in [0.05, 0.1) is 17.9 Å². The van der Waals surface area contributed by atoms with Crippen molar-refractivity contribution in [2.75, 3.05) is 40.0 Å². The van der Waals surface area contributed by atoms with Crippen LogP contribution in [0.4, 0.5) is 0 Å². The number of piperidine rings is 1. The zero-order valence-electron chi connectivity index (χ0n) is 19.4. The number of hydrogen-bond donors (Lipinski definition) is 1. The summed E-state index contributed by atoms with van der Waals surface area (Å²) in [6, 6.07) is 11.8. The molecule has 2 aromatic carbocycles. The molecule has 1 saturated heterocycles. The number of benzene rings is 2. The van der Waals surface area contributed by atoms with Gasteiger partial charge in [0.15, 0.2) is 18.1 Å². The number of amides is 1. The maximum absolute atomic E-state index is 13.1. The summed E-state index contributed by atoms with van der Waals surface area (Å²) in [6.45, 7) is 0.988. The zero-order valence-corrected chi connectivity index (χ0v) is 20.2. The Kier molecular flexibility index (Phi) is 7.76. The van der Waals surface area contributed by atoms with Crippen molar-refractivity contribution in [3.63, 3.8) is 0 Å². The number of methoxy groups -OCH3 is 1. The van der Waals surface area contributed by atoms with E-state index in [0.717, 1.165) is 5.56 Å². The normalized spacial score (nSPS) is 16.4. The molecule has 0 radical (unpaired) electrons. The zero-order chi connectivity index (χ0) is 24.8. The van der Waals surface area contributed by atoms with Crippen LogP contribution in [0.1, 0.15) is 18.4 Å². The number of esters is 1. The number of carbonyl (C=O) groups is 2. The SMILES string of the molecule is COc1ccccc1CNC(=O)COC(=O)C1CCN(S(=O)(=O)c2ccc3c(c2)OCCO3)CC1. The predicted molar refractivity (Wildman–Crippen MR) is 125 cm³/mol. The number of rotatable bonds is 8. The van der Waals surface area contributed by atoms with Crippen LogP contribution in [0.3, 0.4) is 0 Å². The van der Waals surface area contributed by atoms with Crippen LogP contribution in [-0.2, 0) is 30.9 Å². The van der Waals surface area contributed by atoms with Gasteiger partial charge in [0.1, 0.15) is 19.0 Å². The minimum Gasteiger partial charge on any atom is -0.496 e. The number of hydrogen-bond acceptors (Lipinski definition) is 8. The molecule has 1 fully saturated rings. The Balaban J connectivity index is 1.24. The second-order valence-corrected chi connectivity index (χ2v) is 10.1. The summed E-state index contributed by atoms with van der Waals surface area (Å²) in [5, 5.41) is 2.70. The average Bonchev–Trinajstić information content (AvgIpc) is 2.90. The smallest absolute Gasteiger partial charge is 0.309 e. The number of nitrogens with zero attached hydrogens (tertiary/aromatic N) is 1. The number of fused-ring (bicyclic) bond motifs is 1. The van der Waals surface area contributed by atoms with Crippen molar-refractivity contribution in [3.8, 4) is 17.2 Å². The monoisotopic (exact) mass is 504 g/mol. The number of ether oxygens (including phenoxy) is 4. The Morgan fingerprint density at radius 3 is 2.51 bits per heavy atom. The van der Waals surface area contributed by atoms with E-state index in [0.29, 0.717) is 43.3 Å². The molecule has 0 unspecified atom stereocenters. The minimum absolute atomic E-state index is 0.120. The standard InChI is InChI=1S/C24H28N2O8S/c1-31-20-5-3-2-4-18(20)15-25-23(27)16-34-24(28)17-8-10-26(11-9-17)35(29,30)19-6-7-21-22(14-19)33-13-12-32-21/h2-7,14,17H,8-13,15-16H2,1H3,(H,25,27). The minimum atomic E-state index is -3.74. The maximum Gasteiger partial charge on any atom is 0.309 e. The Hall–Kier alpha value is -3.31. The average molecular weight is 505 g/mol. The molecular weight excluding hydrogens is 476 g/mol. The molecule has 1 amide bonds. The molecule has 0 spiro atoms. The first-order valence-corrected chi connectivity index (χ1v) is 12.8. The van der Waals surface area contributed by atoms with Crippen molar-refractivity contribution in [1.82, 2.24) is 9.62 Å². The van der Waals surface area contributed by atoms with E-state index in [1.165, 1.54) is 16.4 Å². The van der Waals surface area contributed by atoms with E-state index in [-0.39, 0.29) is 24.5 Å². The van der Waals surface area contributed by atoms with Crippen LogP contribution in [0, 0.1) is 5.92 Å². The maximum atomic E-state index is 13.1. The Labute approximate surface area is 204 Å². The summed E-state index contributed by atoms with van der Waals surface area (Å²) in [5.41, 5.74) is 0.807. The molecule has 2 aromatic rings. The molecule has 0 bridgehead atoms. The summed E-state index contributed by atoms with van der Waals surface area (Å²) in [6.07, 6.45) is 0.622. The Morgan fingerprint density at radius 2 is 1.77 bits per heavy atom. The lowest BCUT2D eigenvalue weighted by molar-refractivity contribution is -0.153. The van der Waals surface area contributed by atoms with Gasteiger partial charge in [-0.05, 0) is 31.0 Å². The van der Waals surface area contributed by atoms with Crippen molar-refractivity contribution < 1.29 is 37.0 Å². The van der Waals surface area contributed by atoms with Gasteiger partial charge in [-0.25, -0.2) is 8.42 Å². The molecule has 2 aliphatic heterocycles. The van der Waals surface area contributed by atoms with Gasteiger partial charge in [-0.3, -0.25) is 9.59 Å². The molecule has 2 aliphatic rings. The van der Waals surface area contributed by atoms with Crippen LogP contribution in [-0.4, -0.2) is 64.6 Å². The van der Waals surface area contributed by atoms with Crippen molar-refractivity contribution in [2.24, 2.45) is 5.92 Å². The van der Waals surface area contributed by atoms with Gasteiger partial charge in [0.2, 0.25) is 10.0 Å². The van der Waals surface area contributed by atoms with E-state index in [9.17, 15) is 18.0 Å². The molecule has 11 heteroatoms. The molecule has 1 N–H and O–H groups in total. The van der Waals surface area contributed by atoms with E-state index in [1.807, 2.05) is 18.2 Å². The van der Waals surface area contributed by atoms with Crippen molar-refractivity contribution in [3.05, 3.63) is 48.0 Å². The first-order valence-electron chi connectivity index (χ1n) is 11.3. The van der Waals surface area contributed by atoms with E-state index in [4.69, 9.17) is 18.9 Å². The molecule has 4 rings (SSSR count). The fourth-order valence-corrected chi connectivity index (χ4v) is 5.50. The number of sulfonamides is 1. The highest BCUT2D eigenvalue weighted by atomic mass is 32.2. The molecular formula is C24H28N2O8S. The Morgan fingerprint density at radius 1 is 1.06 bits per heavy atom. The second-order valence-electron chi connectivity index (χ2n) is 8.18. The molecule has 2 heterocycles. The largest absolute Gasteiger partial charge is 0.496 e. The van der Waals surface area contributed by atoms with Gasteiger partial charge < -0.3 is 24.3 Å². The summed E-state index contributed by atoms with van der Waals surface area (Å²) in [5.74, 6) is 0.173. The third-order valence-electron chi connectivity index (χ3n) is 5.95. The van der Waals surface area contributed by atoms with Crippen LogP contribution in [0.2, 0.25) is 0 Å². The van der Waals surface area contributed by atoms with Crippen molar-refractivity contribution >= 4 is 21.9 Å². The van der Waals surface area contributed by atoms with Crippen molar-refractivity contribution in [1.29, 1.82) is 0 Å². The van der Waals surface area contributed by atoms with Gasteiger partial charge in [-0.2, -0.15) is 4.31 Å². The highest BCUT2D eigenvalue weighted by molar-refractivity contribution is 7.89. The molecule has 0 aliphatic carbocycles. The summed E-state index contributed by atoms with van der Waals surface area (Å²) in [4.78, 5) is 24.7. The van der Waals surface area contributed by atoms with Gasteiger partial charge >= 0.3 is 5.97 Å².